The third-order valence-corrected chi connectivity index (χ3v) is 2.31. The number of nitrogens with one attached hydrogen (secondary N) is 1. The molecule has 6 heteroatoms. The highest BCUT2D eigenvalue weighted by atomic mass is 32.2. The van der Waals surface area contributed by atoms with Crippen molar-refractivity contribution in [2.24, 2.45) is 10.9 Å². The largest absolute Gasteiger partial charge is 0.320 e. The van der Waals surface area contributed by atoms with Gasteiger partial charge in [0.1, 0.15) is 0 Å². The summed E-state index contributed by atoms with van der Waals surface area (Å²) in [6.45, 7) is 0.484. The average Bonchev–Trinajstić information content (AvgIpc) is 2.24. The number of rotatable bonds is 3. The Morgan fingerprint density at radius 2 is 1.88 bits per heavy atom. The molecule has 5 N–H and O–H groups in total. The minimum atomic E-state index is -3.64. The van der Waals surface area contributed by atoms with Crippen LogP contribution in [0.3, 0.4) is 0 Å². The Morgan fingerprint density at radius 1 is 1.25 bits per heavy atom. The van der Waals surface area contributed by atoms with Crippen LogP contribution in [0.2, 0.25) is 0 Å². The van der Waals surface area contributed by atoms with Gasteiger partial charge < -0.3 is 5.73 Å². The first-order valence-corrected chi connectivity index (χ1v) is 6.11. The van der Waals surface area contributed by atoms with E-state index >= 15 is 0 Å². The van der Waals surface area contributed by atoms with Gasteiger partial charge in [-0.15, -0.1) is 0 Å². The predicted molar refractivity (Wildman–Crippen MR) is 62.3 cm³/mol. The van der Waals surface area contributed by atoms with Crippen molar-refractivity contribution in [3.05, 3.63) is 35.4 Å². The summed E-state index contributed by atoms with van der Waals surface area (Å²) >= 11 is 0. The molecule has 0 saturated carbocycles. The van der Waals surface area contributed by atoms with Crippen LogP contribution in [-0.2, 0) is 16.8 Å². The van der Waals surface area contributed by atoms with Crippen LogP contribution in [0.5, 0.6) is 0 Å². The quantitative estimate of drug-likeness (QED) is 0.608. The van der Waals surface area contributed by atoms with Gasteiger partial charge in [0.05, 0.1) is 6.54 Å². The van der Waals surface area contributed by atoms with Gasteiger partial charge >= 0.3 is 0 Å². The molecule has 0 aliphatic heterocycles. The lowest BCUT2D eigenvalue weighted by atomic mass is 10.1. The first-order valence-electron chi connectivity index (χ1n) is 4.56. The number of hydrogen-bond donors (Lipinski definition) is 3. The molecule has 0 spiro atoms. The topological polar surface area (TPSA) is 98.2 Å². The number of nitrogens with two attached hydrogens (primary N) is 2. The first-order chi connectivity index (χ1) is 7.51. The third kappa shape index (κ3) is 4.91. The lowest BCUT2D eigenvalue weighted by molar-refractivity contribution is 0.583. The van der Waals surface area contributed by atoms with Crippen LogP contribution in [0.4, 0.5) is 0 Å². The molecule has 0 fully saturated rings. The molecule has 16 heavy (non-hydrogen) atoms. The predicted octanol–water partition coefficient (Wildman–Crippen LogP) is -0.710. The fourth-order valence-electron chi connectivity index (χ4n) is 1.04. The zero-order valence-electron chi connectivity index (χ0n) is 8.60. The normalized spacial score (nSPS) is 10.6. The van der Waals surface area contributed by atoms with Crippen molar-refractivity contribution < 1.29 is 8.42 Å². The molecule has 5 nitrogen and oxygen atoms in total. The van der Waals surface area contributed by atoms with E-state index in [9.17, 15) is 8.42 Å². The molecule has 1 aromatic rings. The molecular weight excluding hydrogens is 226 g/mol. The maximum atomic E-state index is 10.6. The second kappa shape index (κ2) is 5.63. The van der Waals surface area contributed by atoms with Crippen LogP contribution < -0.4 is 15.6 Å². The van der Waals surface area contributed by atoms with Crippen LogP contribution in [0.1, 0.15) is 11.1 Å². The van der Waals surface area contributed by atoms with Gasteiger partial charge in [-0.25, -0.2) is 5.14 Å². The zero-order chi connectivity index (χ0) is 12.0. The summed E-state index contributed by atoms with van der Waals surface area (Å²) in [6, 6.07) is 7.14. The van der Waals surface area contributed by atoms with E-state index < -0.39 is 10.2 Å². The van der Waals surface area contributed by atoms with Gasteiger partial charge in [-0.3, -0.25) is 0 Å². The molecule has 0 heterocycles. The smallest absolute Gasteiger partial charge is 0.274 e. The molecule has 0 unspecified atom stereocenters. The average molecular weight is 239 g/mol. The minimum absolute atomic E-state index is 0.170. The molecule has 0 aromatic heterocycles. The fourth-order valence-corrected chi connectivity index (χ4v) is 1.41. The zero-order valence-corrected chi connectivity index (χ0v) is 9.42. The Balaban J connectivity index is 2.65. The molecule has 1 aromatic carbocycles. The summed E-state index contributed by atoms with van der Waals surface area (Å²) in [6.07, 6.45) is 0. The number of hydrogen-bond acceptors (Lipinski definition) is 3. The highest BCUT2D eigenvalue weighted by Crippen LogP contribution is 2.02. The van der Waals surface area contributed by atoms with E-state index in [-0.39, 0.29) is 6.54 Å². The van der Waals surface area contributed by atoms with Crippen molar-refractivity contribution in [3.63, 3.8) is 0 Å². The lowest BCUT2D eigenvalue weighted by Crippen LogP contribution is -2.30. The van der Waals surface area contributed by atoms with Crippen molar-refractivity contribution in [1.29, 1.82) is 0 Å². The SMILES string of the molecule is NCC#Cc1ccc(CNS(N)(=O)=O)cc1. The molecule has 0 amide bonds. The maximum absolute atomic E-state index is 10.6. The molecule has 86 valence electrons. The monoisotopic (exact) mass is 239 g/mol. The van der Waals surface area contributed by atoms with Gasteiger partial charge in [0, 0.05) is 12.1 Å². The second-order valence-electron chi connectivity index (χ2n) is 3.07. The van der Waals surface area contributed by atoms with E-state index in [2.05, 4.69) is 16.6 Å². The summed E-state index contributed by atoms with van der Waals surface area (Å²) in [5.74, 6) is 5.59. The van der Waals surface area contributed by atoms with Crippen LogP contribution in [0.25, 0.3) is 0 Å². The van der Waals surface area contributed by atoms with E-state index in [1.165, 1.54) is 0 Å². The Kier molecular flexibility index (Phi) is 4.46. The van der Waals surface area contributed by atoms with Gasteiger partial charge in [-0.1, -0.05) is 24.0 Å². The molecule has 0 aliphatic carbocycles. The minimum Gasteiger partial charge on any atom is -0.320 e. The van der Waals surface area contributed by atoms with Gasteiger partial charge in [-0.2, -0.15) is 13.1 Å². The second-order valence-corrected chi connectivity index (χ2v) is 4.45. The Bertz CT molecular complexity index is 497. The molecule has 0 radical (unpaired) electrons. The van der Waals surface area contributed by atoms with E-state index in [0.29, 0.717) is 6.54 Å². The van der Waals surface area contributed by atoms with E-state index in [4.69, 9.17) is 10.9 Å². The van der Waals surface area contributed by atoms with Gasteiger partial charge in [0.2, 0.25) is 0 Å². The summed E-state index contributed by atoms with van der Waals surface area (Å²) in [4.78, 5) is 0. The molecular formula is C10H13N3O2S. The Morgan fingerprint density at radius 3 is 2.38 bits per heavy atom. The van der Waals surface area contributed by atoms with Crippen molar-refractivity contribution in [2.75, 3.05) is 6.54 Å². The highest BCUT2D eigenvalue weighted by Gasteiger charge is 2.00. The number of benzene rings is 1. The molecule has 0 saturated heterocycles. The summed E-state index contributed by atoms with van der Waals surface area (Å²) in [7, 11) is -3.64. The standard InChI is InChI=1S/C10H13N3O2S/c11-7-1-2-9-3-5-10(6-4-9)8-13-16(12,14)15/h3-6,13H,7-8,11H2,(H2,12,14,15). The van der Waals surface area contributed by atoms with Crippen molar-refractivity contribution in [3.8, 4) is 11.8 Å². The summed E-state index contributed by atoms with van der Waals surface area (Å²) in [5.41, 5.74) is 6.89. The van der Waals surface area contributed by atoms with Crippen LogP contribution in [-0.4, -0.2) is 15.0 Å². The molecule has 0 aliphatic rings. The van der Waals surface area contributed by atoms with E-state index in [0.717, 1.165) is 11.1 Å². The first kappa shape index (κ1) is 12.7. The highest BCUT2D eigenvalue weighted by molar-refractivity contribution is 7.87. The summed E-state index contributed by atoms with van der Waals surface area (Å²) in [5, 5.41) is 4.80. The van der Waals surface area contributed by atoms with Crippen molar-refractivity contribution in [1.82, 2.24) is 4.72 Å². The van der Waals surface area contributed by atoms with Crippen LogP contribution in [0, 0.1) is 11.8 Å². The van der Waals surface area contributed by atoms with E-state index in [1.54, 1.807) is 24.3 Å². The van der Waals surface area contributed by atoms with Crippen molar-refractivity contribution >= 4 is 10.2 Å². The van der Waals surface area contributed by atoms with Gasteiger partial charge in [-0.05, 0) is 17.7 Å². The van der Waals surface area contributed by atoms with Crippen LogP contribution >= 0.6 is 0 Å². The maximum Gasteiger partial charge on any atom is 0.274 e. The van der Waals surface area contributed by atoms with Crippen LogP contribution in [0.15, 0.2) is 24.3 Å². The van der Waals surface area contributed by atoms with Gasteiger partial charge in [0.15, 0.2) is 0 Å². The van der Waals surface area contributed by atoms with Crippen molar-refractivity contribution in [2.45, 2.75) is 6.54 Å². The van der Waals surface area contributed by atoms with E-state index in [1.807, 2.05) is 0 Å². The fraction of sp³-hybridized carbons (Fsp3) is 0.200. The molecule has 0 atom stereocenters. The lowest BCUT2D eigenvalue weighted by Gasteiger charge is -2.01. The summed E-state index contributed by atoms with van der Waals surface area (Å²) < 4.78 is 23.5. The third-order valence-electron chi connectivity index (χ3n) is 1.77. The molecule has 1 rings (SSSR count). The Hall–Kier alpha value is -1.39. The Labute approximate surface area is 95.0 Å². The van der Waals surface area contributed by atoms with Gasteiger partial charge in [0.25, 0.3) is 10.2 Å². The molecule has 0 bridgehead atoms.